The molecule has 5 nitrogen and oxygen atoms in total. The first-order valence-electron chi connectivity index (χ1n) is 4.46. The van der Waals surface area contributed by atoms with Gasteiger partial charge in [0, 0.05) is 18.1 Å². The third-order valence-corrected chi connectivity index (χ3v) is 2.53. The van der Waals surface area contributed by atoms with Crippen molar-refractivity contribution in [2.24, 2.45) is 5.92 Å². The van der Waals surface area contributed by atoms with Gasteiger partial charge < -0.3 is 20.4 Å². The molecule has 1 aliphatic carbocycles. The average Bonchev–Trinajstić information content (AvgIpc) is 2.44. The molecule has 0 aliphatic heterocycles. The van der Waals surface area contributed by atoms with E-state index in [2.05, 4.69) is 0 Å². The summed E-state index contributed by atoms with van der Waals surface area (Å²) in [4.78, 5) is 10.8. The van der Waals surface area contributed by atoms with E-state index in [0.29, 0.717) is 5.57 Å². The monoisotopic (exact) mass is 202 g/mol. The number of aliphatic hydroxyl groups is 3. The van der Waals surface area contributed by atoms with Crippen LogP contribution >= 0.6 is 0 Å². The van der Waals surface area contributed by atoms with Gasteiger partial charge in [-0.1, -0.05) is 0 Å². The smallest absolute Gasteiger partial charge is 0.331 e. The molecule has 0 bridgehead atoms. The van der Waals surface area contributed by atoms with Crippen LogP contribution in [0.3, 0.4) is 0 Å². The van der Waals surface area contributed by atoms with Crippen LogP contribution in [0.25, 0.3) is 0 Å². The van der Waals surface area contributed by atoms with Crippen molar-refractivity contribution < 1.29 is 25.2 Å². The van der Waals surface area contributed by atoms with Crippen LogP contribution in [0.1, 0.15) is 12.8 Å². The normalized spacial score (nSPS) is 27.1. The summed E-state index contributed by atoms with van der Waals surface area (Å²) < 4.78 is 0. The molecule has 2 unspecified atom stereocenters. The van der Waals surface area contributed by atoms with Gasteiger partial charge in [-0.05, 0) is 18.4 Å². The largest absolute Gasteiger partial charge is 0.478 e. The first-order chi connectivity index (χ1) is 6.61. The van der Waals surface area contributed by atoms with Crippen LogP contribution in [-0.4, -0.2) is 45.7 Å². The molecule has 0 heterocycles. The second-order valence-corrected chi connectivity index (χ2v) is 3.37. The van der Waals surface area contributed by atoms with E-state index in [0.717, 1.165) is 0 Å². The van der Waals surface area contributed by atoms with Crippen LogP contribution in [0.2, 0.25) is 0 Å². The molecule has 0 saturated heterocycles. The Morgan fingerprint density at radius 3 is 2.50 bits per heavy atom. The molecular formula is C9H14O5. The van der Waals surface area contributed by atoms with Crippen molar-refractivity contribution in [2.45, 2.75) is 18.9 Å². The Labute approximate surface area is 81.3 Å². The number of aliphatic hydroxyl groups excluding tert-OH is 3. The summed E-state index contributed by atoms with van der Waals surface area (Å²) in [5.74, 6) is -1.68. The van der Waals surface area contributed by atoms with E-state index in [1.54, 1.807) is 0 Å². The highest BCUT2D eigenvalue weighted by Gasteiger charge is 2.36. The first-order valence-corrected chi connectivity index (χ1v) is 4.46. The lowest BCUT2D eigenvalue weighted by atomic mass is 9.95. The topological polar surface area (TPSA) is 98.0 Å². The van der Waals surface area contributed by atoms with Gasteiger partial charge in [0.15, 0.2) is 0 Å². The van der Waals surface area contributed by atoms with Gasteiger partial charge in [0.05, 0.1) is 12.7 Å². The molecule has 1 rings (SSSR count). The summed E-state index contributed by atoms with van der Waals surface area (Å²) in [6.45, 7) is -0.516. The average molecular weight is 202 g/mol. The molecule has 2 atom stereocenters. The molecular weight excluding hydrogens is 188 g/mol. The van der Waals surface area contributed by atoms with E-state index in [4.69, 9.17) is 15.3 Å². The van der Waals surface area contributed by atoms with Crippen LogP contribution in [-0.2, 0) is 4.79 Å². The van der Waals surface area contributed by atoms with Gasteiger partial charge in [-0.15, -0.1) is 0 Å². The Bertz CT molecular complexity index is 258. The second-order valence-electron chi connectivity index (χ2n) is 3.37. The van der Waals surface area contributed by atoms with Crippen molar-refractivity contribution >= 4 is 5.97 Å². The molecule has 14 heavy (non-hydrogen) atoms. The molecule has 0 fully saturated rings. The lowest BCUT2D eigenvalue weighted by Gasteiger charge is -2.14. The van der Waals surface area contributed by atoms with Gasteiger partial charge in [-0.25, -0.2) is 4.79 Å². The maximum absolute atomic E-state index is 10.8. The number of rotatable bonds is 4. The van der Waals surface area contributed by atoms with Crippen molar-refractivity contribution in [1.29, 1.82) is 0 Å². The fraction of sp³-hybridized carbons (Fsp3) is 0.667. The molecule has 1 aliphatic rings. The van der Waals surface area contributed by atoms with Crippen molar-refractivity contribution in [2.75, 3.05) is 13.2 Å². The zero-order valence-corrected chi connectivity index (χ0v) is 7.68. The van der Waals surface area contributed by atoms with Crippen molar-refractivity contribution in [1.82, 2.24) is 0 Å². The second kappa shape index (κ2) is 4.54. The Morgan fingerprint density at radius 2 is 2.07 bits per heavy atom. The Hall–Kier alpha value is -0.910. The third kappa shape index (κ3) is 1.95. The number of carboxylic acids is 1. The van der Waals surface area contributed by atoms with E-state index in [9.17, 15) is 9.90 Å². The molecule has 0 aromatic heterocycles. The molecule has 0 radical (unpaired) electrons. The molecule has 0 aromatic carbocycles. The predicted molar refractivity (Wildman–Crippen MR) is 47.6 cm³/mol. The van der Waals surface area contributed by atoms with E-state index in [1.807, 2.05) is 0 Å². The van der Waals surface area contributed by atoms with Crippen LogP contribution in [0, 0.1) is 5.92 Å². The van der Waals surface area contributed by atoms with Crippen molar-refractivity contribution in [3.05, 3.63) is 11.1 Å². The number of hydrogen-bond acceptors (Lipinski definition) is 4. The molecule has 0 aromatic rings. The SMILES string of the molecule is O=C(O)C1=C(CO)CC(O)C1CCO. The summed E-state index contributed by atoms with van der Waals surface area (Å²) >= 11 is 0. The summed E-state index contributed by atoms with van der Waals surface area (Å²) in [5.41, 5.74) is 0.428. The van der Waals surface area contributed by atoms with E-state index in [-0.39, 0.29) is 31.6 Å². The van der Waals surface area contributed by atoms with Gasteiger partial charge in [0.1, 0.15) is 0 Å². The van der Waals surface area contributed by atoms with Crippen molar-refractivity contribution in [3.8, 4) is 0 Å². The Balaban J connectivity index is 2.92. The third-order valence-electron chi connectivity index (χ3n) is 2.53. The fourth-order valence-electron chi connectivity index (χ4n) is 1.89. The minimum atomic E-state index is -1.12. The number of aliphatic carboxylic acids is 1. The van der Waals surface area contributed by atoms with E-state index < -0.39 is 18.0 Å². The molecule has 0 amide bonds. The molecule has 0 spiro atoms. The zero-order chi connectivity index (χ0) is 10.7. The minimum Gasteiger partial charge on any atom is -0.478 e. The first kappa shape index (κ1) is 11.2. The van der Waals surface area contributed by atoms with Crippen LogP contribution in [0.15, 0.2) is 11.1 Å². The molecule has 80 valence electrons. The standard InChI is InChI=1S/C9H14O5/c10-2-1-6-7(12)3-5(4-11)8(6)9(13)14/h6-7,10-12H,1-4H2,(H,13,14). The highest BCUT2D eigenvalue weighted by Crippen LogP contribution is 2.34. The summed E-state index contributed by atoms with van der Waals surface area (Å²) in [5, 5.41) is 36.0. The summed E-state index contributed by atoms with van der Waals surface area (Å²) in [7, 11) is 0. The quantitative estimate of drug-likeness (QED) is 0.474. The van der Waals surface area contributed by atoms with E-state index in [1.165, 1.54) is 0 Å². The van der Waals surface area contributed by atoms with Crippen LogP contribution in [0.5, 0.6) is 0 Å². The fourth-order valence-corrected chi connectivity index (χ4v) is 1.89. The Kier molecular flexibility index (Phi) is 3.62. The predicted octanol–water partition coefficient (Wildman–Crippen LogP) is -0.877. The van der Waals surface area contributed by atoms with Gasteiger partial charge in [0.2, 0.25) is 0 Å². The number of hydrogen-bond donors (Lipinski definition) is 4. The zero-order valence-electron chi connectivity index (χ0n) is 7.68. The lowest BCUT2D eigenvalue weighted by molar-refractivity contribution is -0.133. The highest BCUT2D eigenvalue weighted by atomic mass is 16.4. The molecule has 4 N–H and O–H groups in total. The number of carboxylic acid groups (broad SMARTS) is 1. The van der Waals surface area contributed by atoms with Gasteiger partial charge in [0.25, 0.3) is 0 Å². The molecule has 0 saturated carbocycles. The van der Waals surface area contributed by atoms with Gasteiger partial charge >= 0.3 is 5.97 Å². The summed E-state index contributed by atoms with van der Waals surface area (Å²) in [6.07, 6.45) is -0.398. The molecule has 5 heteroatoms. The van der Waals surface area contributed by atoms with Crippen LogP contribution in [0.4, 0.5) is 0 Å². The van der Waals surface area contributed by atoms with Gasteiger partial charge in [-0.3, -0.25) is 0 Å². The summed E-state index contributed by atoms with van der Waals surface area (Å²) in [6, 6.07) is 0. The maximum Gasteiger partial charge on any atom is 0.331 e. The van der Waals surface area contributed by atoms with Crippen LogP contribution < -0.4 is 0 Å². The maximum atomic E-state index is 10.8. The Morgan fingerprint density at radius 1 is 1.43 bits per heavy atom. The number of carbonyl (C=O) groups is 1. The highest BCUT2D eigenvalue weighted by molar-refractivity contribution is 5.89. The van der Waals surface area contributed by atoms with E-state index >= 15 is 0 Å². The lowest BCUT2D eigenvalue weighted by Crippen LogP contribution is -2.21. The van der Waals surface area contributed by atoms with Crippen molar-refractivity contribution in [3.63, 3.8) is 0 Å². The minimum absolute atomic E-state index is 0.0639. The van der Waals surface area contributed by atoms with Gasteiger partial charge in [-0.2, -0.15) is 0 Å².